The van der Waals surface area contributed by atoms with Gasteiger partial charge in [0, 0.05) is 11.9 Å². The van der Waals surface area contributed by atoms with Gasteiger partial charge in [-0.15, -0.1) is 22.9 Å². The fourth-order valence-corrected chi connectivity index (χ4v) is 3.13. The van der Waals surface area contributed by atoms with E-state index in [-0.39, 0.29) is 0 Å². The molecule has 1 aromatic heterocycles. The molecule has 4 heteroatoms. The molecule has 1 heterocycles. The summed E-state index contributed by atoms with van der Waals surface area (Å²) in [4.78, 5) is 6.88. The van der Waals surface area contributed by atoms with Crippen molar-refractivity contribution in [3.05, 3.63) is 51.5 Å². The van der Waals surface area contributed by atoms with Gasteiger partial charge in [0.2, 0.25) is 0 Å². The van der Waals surface area contributed by atoms with Gasteiger partial charge >= 0.3 is 0 Å². The zero-order valence-corrected chi connectivity index (χ0v) is 13.1. The maximum absolute atomic E-state index is 5.81. The van der Waals surface area contributed by atoms with Crippen LogP contribution in [0.2, 0.25) is 0 Å². The van der Waals surface area contributed by atoms with Crippen LogP contribution in [-0.2, 0) is 12.4 Å². The van der Waals surface area contributed by atoms with Crippen molar-refractivity contribution in [3.8, 4) is 0 Å². The Morgan fingerprint density at radius 2 is 2.11 bits per heavy atom. The molecule has 19 heavy (non-hydrogen) atoms. The fourth-order valence-electron chi connectivity index (χ4n) is 1.96. The number of aromatic nitrogens is 1. The van der Waals surface area contributed by atoms with Gasteiger partial charge in [0.1, 0.15) is 5.01 Å². The summed E-state index contributed by atoms with van der Waals surface area (Å²) in [5, 5.41) is 3.17. The van der Waals surface area contributed by atoms with Crippen molar-refractivity contribution in [1.82, 2.24) is 9.88 Å². The molecule has 0 bridgehead atoms. The monoisotopic (exact) mass is 294 g/mol. The van der Waals surface area contributed by atoms with E-state index in [1.807, 2.05) is 5.38 Å². The highest BCUT2D eigenvalue weighted by Crippen LogP contribution is 2.25. The minimum absolute atomic E-state index is 0.307. The molecule has 0 saturated heterocycles. The molecule has 1 atom stereocenters. The largest absolute Gasteiger partial charge is 0.293 e. The van der Waals surface area contributed by atoms with Gasteiger partial charge in [-0.3, -0.25) is 4.90 Å². The lowest BCUT2D eigenvalue weighted by atomic mass is 10.1. The first-order valence-electron chi connectivity index (χ1n) is 6.37. The van der Waals surface area contributed by atoms with Crippen molar-refractivity contribution >= 4 is 22.9 Å². The first kappa shape index (κ1) is 14.5. The van der Waals surface area contributed by atoms with E-state index in [0.29, 0.717) is 11.9 Å². The van der Waals surface area contributed by atoms with Crippen LogP contribution in [0.4, 0.5) is 0 Å². The van der Waals surface area contributed by atoms with Gasteiger partial charge in [0.25, 0.3) is 0 Å². The quantitative estimate of drug-likeness (QED) is 0.761. The van der Waals surface area contributed by atoms with Gasteiger partial charge in [-0.05, 0) is 32.0 Å². The maximum atomic E-state index is 5.81. The van der Waals surface area contributed by atoms with E-state index in [2.05, 4.69) is 55.0 Å². The van der Waals surface area contributed by atoms with Gasteiger partial charge < -0.3 is 0 Å². The topological polar surface area (TPSA) is 16.1 Å². The highest BCUT2D eigenvalue weighted by Gasteiger charge is 2.16. The third kappa shape index (κ3) is 3.56. The van der Waals surface area contributed by atoms with Crippen molar-refractivity contribution in [3.63, 3.8) is 0 Å². The third-order valence-corrected chi connectivity index (χ3v) is 4.74. The molecular weight excluding hydrogens is 276 g/mol. The highest BCUT2D eigenvalue weighted by molar-refractivity contribution is 7.09. The van der Waals surface area contributed by atoms with Crippen LogP contribution in [0.1, 0.15) is 34.8 Å². The van der Waals surface area contributed by atoms with Gasteiger partial charge in [-0.1, -0.05) is 24.3 Å². The molecule has 0 N–H and O–H groups in total. The molecule has 0 fully saturated rings. The summed E-state index contributed by atoms with van der Waals surface area (Å²) in [5.74, 6) is 0.491. The maximum Gasteiger partial charge on any atom is 0.110 e. The molecule has 0 aliphatic rings. The standard InChI is InChI=1S/C15H19ClN2S/c1-11-6-4-5-7-13(11)9-18(3)12(2)15-17-14(8-16)10-19-15/h4-7,10,12H,8-9H2,1-3H3. The lowest BCUT2D eigenvalue weighted by Gasteiger charge is -2.23. The second kappa shape index (κ2) is 6.51. The summed E-state index contributed by atoms with van der Waals surface area (Å²) in [6, 6.07) is 8.82. The Kier molecular flexibility index (Phi) is 4.97. The molecule has 0 amide bonds. The first-order chi connectivity index (χ1) is 9.11. The molecule has 1 unspecified atom stereocenters. The zero-order chi connectivity index (χ0) is 13.8. The summed E-state index contributed by atoms with van der Waals surface area (Å²) in [6.45, 7) is 5.28. The van der Waals surface area contributed by atoms with Crippen LogP contribution in [0.15, 0.2) is 29.6 Å². The normalized spacial score (nSPS) is 12.9. The van der Waals surface area contributed by atoms with E-state index < -0.39 is 0 Å². The van der Waals surface area contributed by atoms with Crippen LogP contribution in [0, 0.1) is 6.92 Å². The Bertz CT molecular complexity index is 538. The van der Waals surface area contributed by atoms with E-state index in [9.17, 15) is 0 Å². The lowest BCUT2D eigenvalue weighted by Crippen LogP contribution is -2.22. The van der Waals surface area contributed by atoms with Gasteiger partial charge in [-0.2, -0.15) is 0 Å². The van der Waals surface area contributed by atoms with Crippen LogP contribution in [-0.4, -0.2) is 16.9 Å². The molecule has 0 spiro atoms. The Hall–Kier alpha value is -0.900. The van der Waals surface area contributed by atoms with Crippen LogP contribution >= 0.6 is 22.9 Å². The number of hydrogen-bond donors (Lipinski definition) is 0. The zero-order valence-electron chi connectivity index (χ0n) is 11.6. The summed E-state index contributed by atoms with van der Waals surface area (Å²) in [7, 11) is 2.14. The lowest BCUT2D eigenvalue weighted by molar-refractivity contribution is 0.252. The smallest absolute Gasteiger partial charge is 0.110 e. The minimum atomic E-state index is 0.307. The number of rotatable bonds is 5. The number of thiazole rings is 1. The Morgan fingerprint density at radius 3 is 2.74 bits per heavy atom. The third-order valence-electron chi connectivity index (χ3n) is 3.41. The molecule has 2 aromatic rings. The molecule has 0 saturated carbocycles. The number of halogens is 1. The summed E-state index contributed by atoms with van der Waals surface area (Å²) < 4.78 is 0. The van der Waals surface area contributed by atoms with Crippen LogP contribution in [0.5, 0.6) is 0 Å². The van der Waals surface area contributed by atoms with E-state index in [1.54, 1.807) is 11.3 Å². The van der Waals surface area contributed by atoms with Crippen molar-refractivity contribution in [2.75, 3.05) is 7.05 Å². The average Bonchev–Trinajstić information content (AvgIpc) is 2.89. The Balaban J connectivity index is 2.07. The Labute approximate surface area is 124 Å². The molecule has 102 valence electrons. The molecule has 1 aromatic carbocycles. The van der Waals surface area contributed by atoms with Crippen LogP contribution < -0.4 is 0 Å². The minimum Gasteiger partial charge on any atom is -0.293 e. The number of alkyl halides is 1. The summed E-state index contributed by atoms with van der Waals surface area (Å²) >= 11 is 7.49. The van der Waals surface area contributed by atoms with E-state index in [4.69, 9.17) is 11.6 Å². The van der Waals surface area contributed by atoms with E-state index in [0.717, 1.165) is 17.2 Å². The van der Waals surface area contributed by atoms with E-state index >= 15 is 0 Å². The average molecular weight is 295 g/mol. The number of benzene rings is 1. The van der Waals surface area contributed by atoms with E-state index in [1.165, 1.54) is 11.1 Å². The molecule has 0 aliphatic carbocycles. The van der Waals surface area contributed by atoms with Crippen molar-refractivity contribution in [2.45, 2.75) is 32.3 Å². The summed E-state index contributed by atoms with van der Waals surface area (Å²) in [6.07, 6.45) is 0. The molecular formula is C15H19ClN2S. The number of nitrogens with zero attached hydrogens (tertiary/aromatic N) is 2. The molecule has 0 radical (unpaired) electrons. The number of aryl methyl sites for hydroxylation is 1. The number of hydrogen-bond acceptors (Lipinski definition) is 3. The van der Waals surface area contributed by atoms with Crippen molar-refractivity contribution < 1.29 is 0 Å². The van der Waals surface area contributed by atoms with Crippen LogP contribution in [0.25, 0.3) is 0 Å². The molecule has 0 aliphatic heterocycles. The fraction of sp³-hybridized carbons (Fsp3) is 0.400. The second-order valence-electron chi connectivity index (χ2n) is 4.83. The van der Waals surface area contributed by atoms with Crippen molar-refractivity contribution in [1.29, 1.82) is 0 Å². The molecule has 2 nitrogen and oxygen atoms in total. The first-order valence-corrected chi connectivity index (χ1v) is 7.78. The van der Waals surface area contributed by atoms with Gasteiger partial charge in [0.15, 0.2) is 0 Å². The van der Waals surface area contributed by atoms with Gasteiger partial charge in [0.05, 0.1) is 17.6 Å². The van der Waals surface area contributed by atoms with Crippen LogP contribution in [0.3, 0.4) is 0 Å². The summed E-state index contributed by atoms with van der Waals surface area (Å²) in [5.41, 5.74) is 3.67. The van der Waals surface area contributed by atoms with Crippen molar-refractivity contribution in [2.24, 2.45) is 0 Å². The Morgan fingerprint density at radius 1 is 1.37 bits per heavy atom. The predicted molar refractivity (Wildman–Crippen MR) is 82.7 cm³/mol. The predicted octanol–water partition coefficient (Wildman–Crippen LogP) is 4.38. The second-order valence-corrected chi connectivity index (χ2v) is 5.99. The SMILES string of the molecule is Cc1ccccc1CN(C)C(C)c1nc(CCl)cs1. The molecule has 2 rings (SSSR count). The highest BCUT2D eigenvalue weighted by atomic mass is 35.5. The van der Waals surface area contributed by atoms with Gasteiger partial charge in [-0.25, -0.2) is 4.98 Å².